The summed E-state index contributed by atoms with van der Waals surface area (Å²) in [5, 5.41) is 6.67. The van der Waals surface area contributed by atoms with Crippen molar-refractivity contribution in [2.24, 2.45) is 10.9 Å². The van der Waals surface area contributed by atoms with Crippen LogP contribution in [-0.4, -0.2) is 23.5 Å². The highest BCUT2D eigenvalue weighted by Crippen LogP contribution is 2.28. The summed E-state index contributed by atoms with van der Waals surface area (Å²) in [7, 11) is 0. The molecule has 0 bridgehead atoms. The number of nitrogens with one attached hydrogen (secondary N) is 2. The summed E-state index contributed by atoms with van der Waals surface area (Å²) in [6.45, 7) is 12.0. The molecule has 1 aliphatic rings. The lowest BCUT2D eigenvalue weighted by molar-refractivity contribution is 0.383. The Labute approximate surface area is 144 Å². The van der Waals surface area contributed by atoms with Crippen molar-refractivity contribution in [3.05, 3.63) is 17.8 Å². The molecule has 1 aromatic rings. The highest BCUT2D eigenvalue weighted by molar-refractivity contribution is 14.0. The molecule has 2 unspecified atom stereocenters. The minimum absolute atomic E-state index is 0. The van der Waals surface area contributed by atoms with Gasteiger partial charge in [-0.25, -0.2) is 9.98 Å². The van der Waals surface area contributed by atoms with Gasteiger partial charge < -0.3 is 15.1 Å². The SMILES string of the molecule is CCNC(=NCc1ncc(C(C)(C)C)o1)NC1CC1C.I. The van der Waals surface area contributed by atoms with E-state index in [0.717, 1.165) is 24.2 Å². The van der Waals surface area contributed by atoms with Crippen LogP contribution < -0.4 is 10.6 Å². The topological polar surface area (TPSA) is 62.5 Å². The maximum Gasteiger partial charge on any atom is 0.216 e. The normalized spacial score (nSPS) is 21.7. The zero-order valence-corrected chi connectivity index (χ0v) is 15.9. The van der Waals surface area contributed by atoms with Gasteiger partial charge in [0.2, 0.25) is 5.89 Å². The third-order valence-electron chi connectivity index (χ3n) is 3.44. The third-order valence-corrected chi connectivity index (χ3v) is 3.44. The second-order valence-corrected chi connectivity index (χ2v) is 6.53. The lowest BCUT2D eigenvalue weighted by atomic mass is 9.94. The molecule has 0 radical (unpaired) electrons. The molecule has 0 aromatic carbocycles. The summed E-state index contributed by atoms with van der Waals surface area (Å²) >= 11 is 0. The van der Waals surface area contributed by atoms with Crippen molar-refractivity contribution in [1.29, 1.82) is 0 Å². The van der Waals surface area contributed by atoms with Gasteiger partial charge in [-0.2, -0.15) is 0 Å². The number of aliphatic imine (C=N–C) groups is 1. The molecular formula is C15H27IN4O. The van der Waals surface area contributed by atoms with Gasteiger partial charge in [0.25, 0.3) is 0 Å². The van der Waals surface area contributed by atoms with E-state index in [2.05, 4.69) is 55.2 Å². The van der Waals surface area contributed by atoms with Crippen LogP contribution in [0.4, 0.5) is 0 Å². The summed E-state index contributed by atoms with van der Waals surface area (Å²) in [6, 6.07) is 0.558. The van der Waals surface area contributed by atoms with Gasteiger partial charge in [0.15, 0.2) is 5.96 Å². The van der Waals surface area contributed by atoms with Crippen molar-refractivity contribution >= 4 is 29.9 Å². The summed E-state index contributed by atoms with van der Waals surface area (Å²) in [4.78, 5) is 8.83. The highest BCUT2D eigenvalue weighted by Gasteiger charge is 2.33. The monoisotopic (exact) mass is 406 g/mol. The Hall–Kier alpha value is -0.790. The van der Waals surface area contributed by atoms with Gasteiger partial charge in [0, 0.05) is 18.0 Å². The third kappa shape index (κ3) is 5.48. The molecule has 5 nitrogen and oxygen atoms in total. The van der Waals surface area contributed by atoms with E-state index in [-0.39, 0.29) is 29.4 Å². The first-order valence-electron chi connectivity index (χ1n) is 7.40. The number of oxazole rings is 1. The average molecular weight is 406 g/mol. The zero-order chi connectivity index (χ0) is 14.8. The molecule has 21 heavy (non-hydrogen) atoms. The minimum atomic E-state index is -0.0127. The molecule has 2 atom stereocenters. The second kappa shape index (κ2) is 7.47. The van der Waals surface area contributed by atoms with E-state index in [1.165, 1.54) is 6.42 Å². The fraction of sp³-hybridized carbons (Fsp3) is 0.733. The first-order valence-corrected chi connectivity index (χ1v) is 7.40. The fourth-order valence-electron chi connectivity index (χ4n) is 1.90. The minimum Gasteiger partial charge on any atom is -0.443 e. The lowest BCUT2D eigenvalue weighted by Crippen LogP contribution is -2.39. The molecule has 2 N–H and O–H groups in total. The summed E-state index contributed by atoms with van der Waals surface area (Å²) < 4.78 is 5.74. The molecule has 0 aliphatic heterocycles. The molecule has 6 heteroatoms. The van der Waals surface area contributed by atoms with Gasteiger partial charge >= 0.3 is 0 Å². The first-order chi connectivity index (χ1) is 9.40. The van der Waals surface area contributed by atoms with Crippen LogP contribution in [0.15, 0.2) is 15.6 Å². The molecule has 1 fully saturated rings. The standard InChI is InChI=1S/C15H26N4O.HI/c1-6-16-14(19-11-7-10(11)2)18-9-13-17-8-12(20-13)15(3,4)5;/h8,10-11H,6-7,9H2,1-5H3,(H2,16,18,19);1H. The Morgan fingerprint density at radius 2 is 2.14 bits per heavy atom. The molecule has 120 valence electrons. The van der Waals surface area contributed by atoms with E-state index >= 15 is 0 Å². The largest absolute Gasteiger partial charge is 0.443 e. The van der Waals surface area contributed by atoms with Crippen molar-refractivity contribution in [2.75, 3.05) is 6.54 Å². The van der Waals surface area contributed by atoms with Crippen molar-refractivity contribution < 1.29 is 4.42 Å². The molecule has 0 spiro atoms. The quantitative estimate of drug-likeness (QED) is 0.459. The van der Waals surface area contributed by atoms with Gasteiger partial charge in [-0.3, -0.25) is 0 Å². The van der Waals surface area contributed by atoms with Gasteiger partial charge in [0.1, 0.15) is 12.3 Å². The molecule has 0 amide bonds. The molecule has 2 rings (SSSR count). The van der Waals surface area contributed by atoms with Crippen molar-refractivity contribution in [2.45, 2.75) is 59.0 Å². The van der Waals surface area contributed by atoms with Crippen LogP contribution in [0.5, 0.6) is 0 Å². The molecular weight excluding hydrogens is 379 g/mol. The number of aromatic nitrogens is 1. The maximum atomic E-state index is 5.74. The summed E-state index contributed by atoms with van der Waals surface area (Å²) in [5.41, 5.74) is -0.0127. The van der Waals surface area contributed by atoms with E-state index in [9.17, 15) is 0 Å². The number of rotatable bonds is 4. The summed E-state index contributed by atoms with van der Waals surface area (Å²) in [5.74, 6) is 3.15. The van der Waals surface area contributed by atoms with Gasteiger partial charge in [-0.1, -0.05) is 27.7 Å². The Balaban J connectivity index is 0.00000220. The van der Waals surface area contributed by atoms with Crippen LogP contribution >= 0.6 is 24.0 Å². The van der Waals surface area contributed by atoms with Gasteiger partial charge in [-0.05, 0) is 19.3 Å². The highest BCUT2D eigenvalue weighted by atomic mass is 127. The molecule has 1 heterocycles. The van der Waals surface area contributed by atoms with Crippen molar-refractivity contribution in [3.63, 3.8) is 0 Å². The number of guanidine groups is 1. The zero-order valence-electron chi connectivity index (χ0n) is 13.6. The van der Waals surface area contributed by atoms with Gasteiger partial charge in [0.05, 0.1) is 6.20 Å². The predicted octanol–water partition coefficient (Wildman–Crippen LogP) is 3.05. The average Bonchev–Trinajstić information content (AvgIpc) is 2.88. The Morgan fingerprint density at radius 3 is 2.62 bits per heavy atom. The predicted molar refractivity (Wildman–Crippen MR) is 96.1 cm³/mol. The Bertz CT molecular complexity index is 478. The number of nitrogens with zero attached hydrogens (tertiary/aromatic N) is 2. The molecule has 0 saturated heterocycles. The van der Waals surface area contributed by atoms with Crippen LogP contribution in [0, 0.1) is 5.92 Å². The van der Waals surface area contributed by atoms with Crippen molar-refractivity contribution in [3.8, 4) is 0 Å². The Morgan fingerprint density at radius 1 is 1.48 bits per heavy atom. The van der Waals surface area contributed by atoms with Crippen LogP contribution in [0.1, 0.15) is 52.7 Å². The van der Waals surface area contributed by atoms with E-state index in [0.29, 0.717) is 18.5 Å². The van der Waals surface area contributed by atoms with Crippen LogP contribution in [-0.2, 0) is 12.0 Å². The van der Waals surface area contributed by atoms with Crippen LogP contribution in [0.25, 0.3) is 0 Å². The van der Waals surface area contributed by atoms with E-state index in [4.69, 9.17) is 4.42 Å². The molecule has 1 saturated carbocycles. The first kappa shape index (κ1) is 18.3. The molecule has 1 aliphatic carbocycles. The number of halogens is 1. The van der Waals surface area contributed by atoms with E-state index in [1.54, 1.807) is 6.20 Å². The van der Waals surface area contributed by atoms with Gasteiger partial charge in [-0.15, -0.1) is 24.0 Å². The smallest absolute Gasteiger partial charge is 0.216 e. The van der Waals surface area contributed by atoms with Crippen LogP contribution in [0.3, 0.4) is 0 Å². The Kier molecular flexibility index (Phi) is 6.49. The molecule has 1 aromatic heterocycles. The van der Waals surface area contributed by atoms with E-state index < -0.39 is 0 Å². The lowest BCUT2D eigenvalue weighted by Gasteiger charge is -2.13. The maximum absolute atomic E-state index is 5.74. The van der Waals surface area contributed by atoms with E-state index in [1.807, 2.05) is 0 Å². The fourth-order valence-corrected chi connectivity index (χ4v) is 1.90. The van der Waals surface area contributed by atoms with Crippen LogP contribution in [0.2, 0.25) is 0 Å². The second-order valence-electron chi connectivity index (χ2n) is 6.53. The number of hydrogen-bond acceptors (Lipinski definition) is 3. The number of hydrogen-bond donors (Lipinski definition) is 2. The summed E-state index contributed by atoms with van der Waals surface area (Å²) in [6.07, 6.45) is 3.02. The van der Waals surface area contributed by atoms with Crippen molar-refractivity contribution in [1.82, 2.24) is 15.6 Å².